The summed E-state index contributed by atoms with van der Waals surface area (Å²) in [4.78, 5) is 21.3. The fraction of sp³-hybridized carbons (Fsp3) is 0.833. The summed E-state index contributed by atoms with van der Waals surface area (Å²) in [5.41, 5.74) is 0. The van der Waals surface area contributed by atoms with E-state index >= 15 is 0 Å². The van der Waals surface area contributed by atoms with Gasteiger partial charge < -0.3 is 0 Å². The first-order chi connectivity index (χ1) is 7.63. The molecule has 0 spiro atoms. The van der Waals surface area contributed by atoms with E-state index in [9.17, 15) is 9.59 Å². The Bertz CT molecular complexity index is 183. The van der Waals surface area contributed by atoms with Gasteiger partial charge in [0, 0.05) is 25.4 Å². The molecule has 2 nitrogen and oxygen atoms in total. The highest BCUT2D eigenvalue weighted by Crippen LogP contribution is 2.12. The third kappa shape index (κ3) is 14.0. The highest BCUT2D eigenvalue weighted by molar-refractivity contribution is 8.13. The van der Waals surface area contributed by atoms with E-state index in [0.29, 0.717) is 0 Å². The number of thioether (sulfide) groups is 2. The molecule has 0 atom stereocenters. The largest absolute Gasteiger partial charge is 0.288 e. The third-order valence-electron chi connectivity index (χ3n) is 2.15. The maximum atomic E-state index is 10.6. The number of rotatable bonds is 9. The van der Waals surface area contributed by atoms with Crippen molar-refractivity contribution in [2.75, 3.05) is 11.5 Å². The van der Waals surface area contributed by atoms with Crippen LogP contribution in [-0.4, -0.2) is 21.7 Å². The number of hydrogen-bond acceptors (Lipinski definition) is 4. The maximum absolute atomic E-state index is 10.6. The molecule has 0 saturated heterocycles. The van der Waals surface area contributed by atoms with Crippen molar-refractivity contribution in [3.8, 4) is 0 Å². The van der Waals surface area contributed by atoms with Gasteiger partial charge in [-0.1, -0.05) is 49.2 Å². The monoisotopic (exact) mass is 262 g/mol. The van der Waals surface area contributed by atoms with Gasteiger partial charge in [0.25, 0.3) is 0 Å². The topological polar surface area (TPSA) is 34.1 Å². The van der Waals surface area contributed by atoms with Gasteiger partial charge in [0.15, 0.2) is 10.2 Å². The smallest absolute Gasteiger partial charge is 0.185 e. The Labute approximate surface area is 107 Å². The lowest BCUT2D eigenvalue weighted by atomic mass is 10.1. The van der Waals surface area contributed by atoms with Gasteiger partial charge >= 0.3 is 0 Å². The zero-order valence-corrected chi connectivity index (χ0v) is 11.9. The van der Waals surface area contributed by atoms with Crippen LogP contribution in [0.15, 0.2) is 0 Å². The van der Waals surface area contributed by atoms with Crippen LogP contribution in [0.4, 0.5) is 0 Å². The van der Waals surface area contributed by atoms with Crippen LogP contribution in [0.2, 0.25) is 0 Å². The summed E-state index contributed by atoms with van der Waals surface area (Å²) in [6.45, 7) is 3.24. The molecule has 0 fully saturated rings. The van der Waals surface area contributed by atoms with E-state index in [1.165, 1.54) is 49.2 Å². The van der Waals surface area contributed by atoms with Crippen molar-refractivity contribution < 1.29 is 9.59 Å². The van der Waals surface area contributed by atoms with Gasteiger partial charge in [-0.25, -0.2) is 0 Å². The molecule has 0 aromatic heterocycles. The van der Waals surface area contributed by atoms with Crippen molar-refractivity contribution in [1.82, 2.24) is 0 Å². The second-order valence-corrected chi connectivity index (χ2v) is 6.35. The fourth-order valence-corrected chi connectivity index (χ4v) is 2.61. The van der Waals surface area contributed by atoms with Gasteiger partial charge in [0.2, 0.25) is 0 Å². The first-order valence-electron chi connectivity index (χ1n) is 5.89. The first kappa shape index (κ1) is 16.0. The molecular formula is C12H22O2S2. The van der Waals surface area contributed by atoms with Gasteiger partial charge in [0.1, 0.15) is 0 Å². The molecule has 0 aliphatic rings. The number of unbranched alkanes of at least 4 members (excludes halogenated alkanes) is 5. The van der Waals surface area contributed by atoms with E-state index in [0.717, 1.165) is 24.3 Å². The van der Waals surface area contributed by atoms with E-state index in [1.54, 1.807) is 13.8 Å². The first-order valence-corrected chi connectivity index (χ1v) is 7.87. The molecule has 0 radical (unpaired) electrons. The van der Waals surface area contributed by atoms with Crippen molar-refractivity contribution in [3.63, 3.8) is 0 Å². The van der Waals surface area contributed by atoms with Crippen molar-refractivity contribution in [2.45, 2.75) is 52.4 Å². The molecular weight excluding hydrogens is 240 g/mol. The minimum Gasteiger partial charge on any atom is -0.288 e. The van der Waals surface area contributed by atoms with E-state index in [-0.39, 0.29) is 10.2 Å². The number of carbonyl (C=O) groups excluding carboxylic acids is 2. The third-order valence-corrected chi connectivity index (χ3v) is 3.95. The Balaban J connectivity index is 2.98. The zero-order valence-electron chi connectivity index (χ0n) is 10.3. The quantitative estimate of drug-likeness (QED) is 0.590. The van der Waals surface area contributed by atoms with Crippen LogP contribution in [0.1, 0.15) is 52.4 Å². The Morgan fingerprint density at radius 1 is 0.688 bits per heavy atom. The molecule has 0 amide bonds. The summed E-state index contributed by atoms with van der Waals surface area (Å²) < 4.78 is 0. The molecule has 16 heavy (non-hydrogen) atoms. The van der Waals surface area contributed by atoms with Crippen LogP contribution in [-0.2, 0) is 9.59 Å². The second kappa shape index (κ2) is 11.5. The Kier molecular flexibility index (Phi) is 11.6. The molecule has 0 aliphatic carbocycles. The zero-order chi connectivity index (χ0) is 12.2. The van der Waals surface area contributed by atoms with E-state index in [1.807, 2.05) is 0 Å². The van der Waals surface area contributed by atoms with Crippen molar-refractivity contribution in [3.05, 3.63) is 0 Å². The molecule has 4 heteroatoms. The van der Waals surface area contributed by atoms with E-state index in [4.69, 9.17) is 0 Å². The van der Waals surface area contributed by atoms with E-state index < -0.39 is 0 Å². The molecule has 0 aliphatic heterocycles. The average Bonchev–Trinajstić information content (AvgIpc) is 2.20. The average molecular weight is 262 g/mol. The standard InChI is InChI=1S/C12H22O2S2/c1-11(13)15-9-7-5-3-4-6-8-10-16-12(2)14/h3-10H2,1-2H3. The number of hydrogen-bond donors (Lipinski definition) is 0. The summed E-state index contributed by atoms with van der Waals surface area (Å²) >= 11 is 2.85. The predicted molar refractivity (Wildman–Crippen MR) is 74.0 cm³/mol. The van der Waals surface area contributed by atoms with Crippen molar-refractivity contribution in [1.29, 1.82) is 0 Å². The van der Waals surface area contributed by atoms with Gasteiger partial charge in [-0.15, -0.1) is 0 Å². The van der Waals surface area contributed by atoms with Gasteiger partial charge in [-0.05, 0) is 12.8 Å². The Morgan fingerprint density at radius 3 is 1.31 bits per heavy atom. The van der Waals surface area contributed by atoms with Gasteiger partial charge in [-0.2, -0.15) is 0 Å². The normalized spacial score (nSPS) is 10.4. The Hall–Kier alpha value is 0.0400. The molecule has 0 bridgehead atoms. The molecule has 0 aromatic rings. The van der Waals surface area contributed by atoms with Crippen LogP contribution in [0.25, 0.3) is 0 Å². The molecule has 0 unspecified atom stereocenters. The van der Waals surface area contributed by atoms with E-state index in [2.05, 4.69) is 0 Å². The summed E-state index contributed by atoms with van der Waals surface area (Å²) in [5, 5.41) is 0.447. The van der Waals surface area contributed by atoms with Crippen LogP contribution < -0.4 is 0 Å². The van der Waals surface area contributed by atoms with Crippen LogP contribution >= 0.6 is 23.5 Å². The molecule has 0 heterocycles. The van der Waals surface area contributed by atoms with Crippen molar-refractivity contribution in [2.24, 2.45) is 0 Å². The Morgan fingerprint density at radius 2 is 1.00 bits per heavy atom. The summed E-state index contributed by atoms with van der Waals surface area (Å²) in [5.74, 6) is 1.94. The summed E-state index contributed by atoms with van der Waals surface area (Å²) in [6, 6.07) is 0. The van der Waals surface area contributed by atoms with Gasteiger partial charge in [-0.3, -0.25) is 9.59 Å². The molecule has 0 rings (SSSR count). The minimum atomic E-state index is 0.223. The fourth-order valence-electron chi connectivity index (χ4n) is 1.34. The molecule has 0 N–H and O–H groups in total. The van der Waals surface area contributed by atoms with Crippen LogP contribution in [0.3, 0.4) is 0 Å². The minimum absolute atomic E-state index is 0.223. The molecule has 94 valence electrons. The lowest BCUT2D eigenvalue weighted by Gasteiger charge is -2.00. The SMILES string of the molecule is CC(=O)SCCCCCCCCSC(C)=O. The highest BCUT2D eigenvalue weighted by Gasteiger charge is 1.96. The van der Waals surface area contributed by atoms with Crippen LogP contribution in [0, 0.1) is 0 Å². The molecule has 0 saturated carbocycles. The van der Waals surface area contributed by atoms with Gasteiger partial charge in [0.05, 0.1) is 0 Å². The van der Waals surface area contributed by atoms with Crippen molar-refractivity contribution >= 4 is 33.8 Å². The number of carbonyl (C=O) groups is 2. The second-order valence-electron chi connectivity index (χ2n) is 3.80. The lowest BCUT2D eigenvalue weighted by Crippen LogP contribution is -1.88. The highest BCUT2D eigenvalue weighted by atomic mass is 32.2. The molecule has 0 aromatic carbocycles. The predicted octanol–water partition coefficient (Wildman–Crippen LogP) is 3.89. The summed E-state index contributed by atoms with van der Waals surface area (Å²) in [7, 11) is 0. The lowest BCUT2D eigenvalue weighted by molar-refractivity contribution is -0.109. The maximum Gasteiger partial charge on any atom is 0.185 e. The summed E-state index contributed by atoms with van der Waals surface area (Å²) in [6.07, 6.45) is 7.24. The van der Waals surface area contributed by atoms with Crippen LogP contribution in [0.5, 0.6) is 0 Å².